The molecule has 3 N–H and O–H groups in total. The highest BCUT2D eigenvalue weighted by Crippen LogP contribution is 2.21. The predicted molar refractivity (Wildman–Crippen MR) is 77.2 cm³/mol. The first-order chi connectivity index (χ1) is 8.78. The van der Waals surface area contributed by atoms with Crippen molar-refractivity contribution in [3.8, 4) is 5.88 Å². The van der Waals surface area contributed by atoms with Crippen molar-refractivity contribution in [2.24, 2.45) is 5.92 Å². The van der Waals surface area contributed by atoms with Gasteiger partial charge < -0.3 is 15.8 Å². The molecular formula is C12H21N3O3S. The van der Waals surface area contributed by atoms with Gasteiger partial charge in [0.15, 0.2) is 0 Å². The van der Waals surface area contributed by atoms with Crippen molar-refractivity contribution in [3.63, 3.8) is 0 Å². The van der Waals surface area contributed by atoms with Crippen LogP contribution in [0.5, 0.6) is 5.88 Å². The molecule has 0 spiro atoms. The lowest BCUT2D eigenvalue weighted by Gasteiger charge is -2.12. The molecule has 0 fully saturated rings. The van der Waals surface area contributed by atoms with Crippen LogP contribution in [-0.2, 0) is 9.84 Å². The van der Waals surface area contributed by atoms with Gasteiger partial charge in [0.05, 0.1) is 18.0 Å². The van der Waals surface area contributed by atoms with Crippen LogP contribution in [0.4, 0.5) is 11.5 Å². The van der Waals surface area contributed by atoms with Gasteiger partial charge in [-0.1, -0.05) is 13.8 Å². The van der Waals surface area contributed by atoms with E-state index in [9.17, 15) is 8.42 Å². The van der Waals surface area contributed by atoms with E-state index >= 15 is 0 Å². The maximum Gasteiger partial charge on any atom is 0.239 e. The average Bonchev–Trinajstić information content (AvgIpc) is 2.27. The van der Waals surface area contributed by atoms with E-state index in [1.807, 2.05) is 13.8 Å². The summed E-state index contributed by atoms with van der Waals surface area (Å²) in [6.45, 7) is 4.90. The van der Waals surface area contributed by atoms with Gasteiger partial charge in [0.25, 0.3) is 0 Å². The van der Waals surface area contributed by atoms with E-state index in [0.717, 1.165) is 0 Å². The van der Waals surface area contributed by atoms with Crippen molar-refractivity contribution in [1.82, 2.24) is 4.98 Å². The Morgan fingerprint density at radius 2 is 2.11 bits per heavy atom. The van der Waals surface area contributed by atoms with Crippen LogP contribution in [0.3, 0.4) is 0 Å². The normalized spacial score (nSPS) is 11.6. The molecule has 1 rings (SSSR count). The van der Waals surface area contributed by atoms with E-state index in [0.29, 0.717) is 36.5 Å². The molecule has 1 aromatic heterocycles. The van der Waals surface area contributed by atoms with Gasteiger partial charge >= 0.3 is 0 Å². The Hall–Kier alpha value is -1.50. The second-order valence-electron chi connectivity index (χ2n) is 4.85. The van der Waals surface area contributed by atoms with Crippen molar-refractivity contribution in [3.05, 3.63) is 12.1 Å². The predicted octanol–water partition coefficient (Wildman–Crippen LogP) is 1.16. The van der Waals surface area contributed by atoms with Crippen LogP contribution in [0.25, 0.3) is 0 Å². The smallest absolute Gasteiger partial charge is 0.239 e. The number of hydrogen-bond donors (Lipinski definition) is 2. The molecule has 0 atom stereocenters. The summed E-state index contributed by atoms with van der Waals surface area (Å²) in [5.74, 6) is 1.36. The van der Waals surface area contributed by atoms with Gasteiger partial charge in [0.1, 0.15) is 15.7 Å². The third-order valence-electron chi connectivity index (χ3n) is 2.22. The number of anilines is 2. The van der Waals surface area contributed by atoms with Crippen LogP contribution < -0.4 is 15.8 Å². The number of rotatable bonds is 7. The molecule has 1 aromatic rings. The first kappa shape index (κ1) is 15.6. The van der Waals surface area contributed by atoms with Crippen molar-refractivity contribution in [2.75, 3.05) is 36.2 Å². The largest absolute Gasteiger partial charge is 0.476 e. The van der Waals surface area contributed by atoms with Crippen LogP contribution in [0, 0.1) is 5.92 Å². The molecule has 0 saturated carbocycles. The summed E-state index contributed by atoms with van der Waals surface area (Å²) in [7, 11) is -2.98. The van der Waals surface area contributed by atoms with Gasteiger partial charge in [-0.25, -0.2) is 8.42 Å². The molecule has 7 heteroatoms. The SMILES string of the molecule is CC(C)COc1nc(NCCS(C)(=O)=O)ccc1N. The summed E-state index contributed by atoms with van der Waals surface area (Å²) in [6.07, 6.45) is 1.20. The molecule has 19 heavy (non-hydrogen) atoms. The lowest BCUT2D eigenvalue weighted by Crippen LogP contribution is -2.15. The van der Waals surface area contributed by atoms with Crippen molar-refractivity contribution in [1.29, 1.82) is 0 Å². The van der Waals surface area contributed by atoms with Gasteiger partial charge in [0, 0.05) is 12.8 Å². The van der Waals surface area contributed by atoms with Crippen LogP contribution in [0.1, 0.15) is 13.8 Å². The Labute approximate surface area is 114 Å². The standard InChI is InChI=1S/C12H21N3O3S/c1-9(2)8-18-12-10(13)4-5-11(15-12)14-6-7-19(3,16)17/h4-5,9H,6-8,13H2,1-3H3,(H,14,15). The second kappa shape index (κ2) is 6.60. The summed E-state index contributed by atoms with van der Waals surface area (Å²) in [5.41, 5.74) is 6.23. The first-order valence-electron chi connectivity index (χ1n) is 6.09. The molecule has 1 heterocycles. The number of ether oxygens (including phenoxy) is 1. The summed E-state index contributed by atoms with van der Waals surface area (Å²) in [5, 5.41) is 2.93. The van der Waals surface area contributed by atoms with Gasteiger partial charge in [0.2, 0.25) is 5.88 Å². The average molecular weight is 287 g/mol. The number of sulfone groups is 1. The number of nitrogens with one attached hydrogen (secondary N) is 1. The number of aromatic nitrogens is 1. The topological polar surface area (TPSA) is 94.3 Å². The molecule has 0 saturated heterocycles. The third kappa shape index (κ3) is 6.28. The van der Waals surface area contributed by atoms with E-state index < -0.39 is 9.84 Å². The molecule has 108 valence electrons. The molecular weight excluding hydrogens is 266 g/mol. The van der Waals surface area contributed by atoms with E-state index in [1.165, 1.54) is 6.26 Å². The highest BCUT2D eigenvalue weighted by atomic mass is 32.2. The quantitative estimate of drug-likeness (QED) is 0.781. The lowest BCUT2D eigenvalue weighted by molar-refractivity contribution is 0.263. The van der Waals surface area contributed by atoms with Crippen molar-refractivity contribution >= 4 is 21.3 Å². The molecule has 0 aliphatic heterocycles. The Bertz CT molecular complexity index is 515. The highest BCUT2D eigenvalue weighted by molar-refractivity contribution is 7.90. The first-order valence-corrected chi connectivity index (χ1v) is 8.15. The zero-order valence-corrected chi connectivity index (χ0v) is 12.3. The minimum absolute atomic E-state index is 0.0568. The van der Waals surface area contributed by atoms with Crippen molar-refractivity contribution in [2.45, 2.75) is 13.8 Å². The fraction of sp³-hybridized carbons (Fsp3) is 0.583. The second-order valence-corrected chi connectivity index (χ2v) is 7.11. The van der Waals surface area contributed by atoms with E-state index in [2.05, 4.69) is 10.3 Å². The fourth-order valence-corrected chi connectivity index (χ4v) is 1.75. The number of nitrogens with zero attached hydrogens (tertiary/aromatic N) is 1. The summed E-state index contributed by atoms with van der Waals surface area (Å²) in [4.78, 5) is 4.21. The molecule has 0 aliphatic rings. The summed E-state index contributed by atoms with van der Waals surface area (Å²) in [6, 6.07) is 3.38. The zero-order valence-electron chi connectivity index (χ0n) is 11.5. The molecule has 0 radical (unpaired) electrons. The molecule has 0 bridgehead atoms. The zero-order chi connectivity index (χ0) is 14.5. The lowest BCUT2D eigenvalue weighted by atomic mass is 10.2. The number of nitrogens with two attached hydrogens (primary N) is 1. The van der Waals surface area contributed by atoms with E-state index in [1.54, 1.807) is 12.1 Å². The number of nitrogen functional groups attached to an aromatic ring is 1. The van der Waals surface area contributed by atoms with Gasteiger partial charge in [-0.2, -0.15) is 4.98 Å². The Morgan fingerprint density at radius 3 is 2.68 bits per heavy atom. The Balaban J connectivity index is 2.62. The van der Waals surface area contributed by atoms with Gasteiger partial charge in [-0.15, -0.1) is 0 Å². The Kier molecular flexibility index (Phi) is 5.41. The molecule has 0 unspecified atom stereocenters. The van der Waals surface area contributed by atoms with Crippen LogP contribution >= 0.6 is 0 Å². The van der Waals surface area contributed by atoms with Crippen molar-refractivity contribution < 1.29 is 13.2 Å². The van der Waals surface area contributed by atoms with E-state index in [4.69, 9.17) is 10.5 Å². The minimum atomic E-state index is -2.98. The highest BCUT2D eigenvalue weighted by Gasteiger charge is 2.07. The maximum atomic E-state index is 11.0. The fourth-order valence-electron chi connectivity index (χ4n) is 1.28. The third-order valence-corrected chi connectivity index (χ3v) is 3.17. The number of pyridine rings is 1. The molecule has 0 amide bonds. The molecule has 0 aromatic carbocycles. The summed E-state index contributed by atoms with van der Waals surface area (Å²) < 4.78 is 27.5. The van der Waals surface area contributed by atoms with Gasteiger partial charge in [-0.3, -0.25) is 0 Å². The molecule has 6 nitrogen and oxygen atoms in total. The summed E-state index contributed by atoms with van der Waals surface area (Å²) >= 11 is 0. The van der Waals surface area contributed by atoms with Gasteiger partial charge in [-0.05, 0) is 18.1 Å². The molecule has 0 aliphatic carbocycles. The van der Waals surface area contributed by atoms with Crippen LogP contribution in [0.15, 0.2) is 12.1 Å². The monoisotopic (exact) mass is 287 g/mol. The van der Waals surface area contributed by atoms with E-state index in [-0.39, 0.29) is 5.75 Å². The Morgan fingerprint density at radius 1 is 1.42 bits per heavy atom. The maximum absolute atomic E-state index is 11.0. The minimum Gasteiger partial charge on any atom is -0.476 e. The van der Waals surface area contributed by atoms with Crippen LogP contribution in [-0.4, -0.2) is 38.6 Å². The number of hydrogen-bond acceptors (Lipinski definition) is 6. The van der Waals surface area contributed by atoms with Crippen LogP contribution in [0.2, 0.25) is 0 Å².